The van der Waals surface area contributed by atoms with Crippen molar-refractivity contribution < 1.29 is 9.59 Å². The largest absolute Gasteiger partial charge is 0.347 e. The molecule has 19 heavy (non-hydrogen) atoms. The maximum atomic E-state index is 12.3. The molecular weight excluding hydrogens is 285 g/mol. The monoisotopic (exact) mass is 295 g/mol. The summed E-state index contributed by atoms with van der Waals surface area (Å²) in [5, 5.41) is 0.497. The van der Waals surface area contributed by atoms with E-state index in [1.165, 1.54) is 0 Å². The number of benzene rings is 1. The van der Waals surface area contributed by atoms with Crippen molar-refractivity contribution in [2.75, 3.05) is 5.88 Å². The van der Waals surface area contributed by atoms with Crippen molar-refractivity contribution in [3.63, 3.8) is 0 Å². The zero-order chi connectivity index (χ0) is 14.0. The number of aromatic nitrogens is 1. The maximum absolute atomic E-state index is 12.3. The van der Waals surface area contributed by atoms with Crippen LogP contribution in [0.2, 0.25) is 5.02 Å². The molecule has 0 saturated carbocycles. The van der Waals surface area contributed by atoms with E-state index >= 15 is 0 Å². The Bertz CT molecular complexity index is 647. The van der Waals surface area contributed by atoms with Gasteiger partial charge in [0.15, 0.2) is 5.78 Å². The second-order valence-corrected chi connectivity index (χ2v) is 4.82. The number of halogens is 2. The van der Waals surface area contributed by atoms with Crippen molar-refractivity contribution in [2.45, 2.75) is 0 Å². The van der Waals surface area contributed by atoms with Crippen molar-refractivity contribution in [2.24, 2.45) is 7.05 Å². The topological polar surface area (TPSA) is 39.1 Å². The van der Waals surface area contributed by atoms with Gasteiger partial charge < -0.3 is 4.57 Å². The predicted octanol–water partition coefficient (Wildman–Crippen LogP) is 3.33. The highest BCUT2D eigenvalue weighted by atomic mass is 35.5. The van der Waals surface area contributed by atoms with Gasteiger partial charge in [0.1, 0.15) is 0 Å². The molecule has 0 aliphatic carbocycles. The van der Waals surface area contributed by atoms with Crippen molar-refractivity contribution in [3.05, 3.63) is 58.4 Å². The average molecular weight is 296 g/mol. The number of rotatable bonds is 4. The Kier molecular flexibility index (Phi) is 4.08. The lowest BCUT2D eigenvalue weighted by atomic mass is 10.1. The number of aryl methyl sites for hydroxylation is 1. The van der Waals surface area contributed by atoms with E-state index in [1.54, 1.807) is 48.1 Å². The fraction of sp³-hybridized carbons (Fsp3) is 0.143. The molecule has 2 aromatic rings. The molecule has 0 unspecified atom stereocenters. The van der Waals surface area contributed by atoms with Crippen molar-refractivity contribution >= 4 is 34.8 Å². The molecule has 0 amide bonds. The number of hydrogen-bond donors (Lipinski definition) is 0. The number of nitrogens with zero attached hydrogens (tertiary/aromatic N) is 1. The molecule has 98 valence electrons. The van der Waals surface area contributed by atoms with Crippen LogP contribution in [0, 0.1) is 0 Å². The Morgan fingerprint density at radius 3 is 2.58 bits per heavy atom. The van der Waals surface area contributed by atoms with Gasteiger partial charge in [0.2, 0.25) is 5.78 Å². The first-order valence-electron chi connectivity index (χ1n) is 5.58. The standard InChI is InChI=1S/C14H11Cl2NO2/c1-17-8-10(13(18)7-15)6-12(17)14(19)9-3-2-4-11(16)5-9/h2-6,8H,7H2,1H3. The normalized spacial score (nSPS) is 10.5. The Morgan fingerprint density at radius 2 is 1.95 bits per heavy atom. The fourth-order valence-electron chi connectivity index (χ4n) is 1.80. The molecule has 1 aromatic heterocycles. The van der Waals surface area contributed by atoms with Crippen LogP contribution in [0.3, 0.4) is 0 Å². The molecule has 0 fully saturated rings. The third-order valence-corrected chi connectivity index (χ3v) is 3.25. The number of carbonyl (C=O) groups excluding carboxylic acids is 2. The third-order valence-electron chi connectivity index (χ3n) is 2.77. The molecule has 0 spiro atoms. The summed E-state index contributed by atoms with van der Waals surface area (Å²) in [5.41, 5.74) is 1.34. The van der Waals surface area contributed by atoms with Gasteiger partial charge in [-0.3, -0.25) is 9.59 Å². The molecule has 3 nitrogen and oxygen atoms in total. The van der Waals surface area contributed by atoms with Crippen molar-refractivity contribution in [3.8, 4) is 0 Å². The van der Waals surface area contributed by atoms with Gasteiger partial charge in [0.25, 0.3) is 0 Å². The summed E-state index contributed by atoms with van der Waals surface area (Å²) in [6.07, 6.45) is 1.60. The number of hydrogen-bond acceptors (Lipinski definition) is 2. The molecule has 5 heteroatoms. The van der Waals surface area contributed by atoms with Crippen LogP contribution in [0.5, 0.6) is 0 Å². The lowest BCUT2D eigenvalue weighted by molar-refractivity contribution is 0.101. The summed E-state index contributed by atoms with van der Waals surface area (Å²) in [7, 11) is 1.71. The molecule has 0 radical (unpaired) electrons. The van der Waals surface area contributed by atoms with Gasteiger partial charge in [-0.05, 0) is 18.2 Å². The zero-order valence-corrected chi connectivity index (χ0v) is 11.7. The van der Waals surface area contributed by atoms with Crippen LogP contribution in [0.15, 0.2) is 36.5 Å². The van der Waals surface area contributed by atoms with Crippen LogP contribution in [-0.2, 0) is 7.05 Å². The minimum atomic E-state index is -0.206. The van der Waals surface area contributed by atoms with Gasteiger partial charge in [0.05, 0.1) is 11.6 Å². The molecular formula is C14H11Cl2NO2. The number of alkyl halides is 1. The van der Waals surface area contributed by atoms with Crippen LogP contribution in [0.4, 0.5) is 0 Å². The van der Waals surface area contributed by atoms with Crippen LogP contribution in [0.25, 0.3) is 0 Å². The first-order chi connectivity index (χ1) is 9.02. The molecule has 0 aliphatic heterocycles. The van der Waals surface area contributed by atoms with Gasteiger partial charge in [-0.1, -0.05) is 23.7 Å². The lowest BCUT2D eigenvalue weighted by Crippen LogP contribution is -2.06. The molecule has 2 rings (SSSR count). The second-order valence-electron chi connectivity index (χ2n) is 4.12. The smallest absolute Gasteiger partial charge is 0.209 e. The Morgan fingerprint density at radius 1 is 1.21 bits per heavy atom. The molecule has 1 aromatic carbocycles. The Labute approximate surface area is 120 Å². The van der Waals surface area contributed by atoms with E-state index in [0.29, 0.717) is 21.8 Å². The highest BCUT2D eigenvalue weighted by molar-refractivity contribution is 6.31. The highest BCUT2D eigenvalue weighted by Gasteiger charge is 2.16. The Balaban J connectivity index is 2.39. The quantitative estimate of drug-likeness (QED) is 0.641. The molecule has 0 saturated heterocycles. The van der Waals surface area contributed by atoms with E-state index in [1.807, 2.05) is 0 Å². The van der Waals surface area contributed by atoms with Gasteiger partial charge in [-0.25, -0.2) is 0 Å². The average Bonchev–Trinajstić information content (AvgIpc) is 2.79. The first-order valence-corrected chi connectivity index (χ1v) is 6.50. The summed E-state index contributed by atoms with van der Waals surface area (Å²) >= 11 is 11.4. The lowest BCUT2D eigenvalue weighted by Gasteiger charge is -2.02. The summed E-state index contributed by atoms with van der Waals surface area (Å²) in [6, 6.07) is 8.24. The molecule has 0 N–H and O–H groups in total. The predicted molar refractivity (Wildman–Crippen MR) is 75.3 cm³/mol. The number of Topliss-reactive ketones (excluding diaryl/α,β-unsaturated/α-hetero) is 1. The van der Waals surface area contributed by atoms with Crippen LogP contribution in [0.1, 0.15) is 26.4 Å². The zero-order valence-electron chi connectivity index (χ0n) is 10.2. The van der Waals surface area contributed by atoms with E-state index in [9.17, 15) is 9.59 Å². The maximum Gasteiger partial charge on any atom is 0.209 e. The van der Waals surface area contributed by atoms with Gasteiger partial charge in [0, 0.05) is 29.4 Å². The molecule has 0 atom stereocenters. The van der Waals surface area contributed by atoms with Gasteiger partial charge in [-0.15, -0.1) is 11.6 Å². The van der Waals surface area contributed by atoms with E-state index in [0.717, 1.165) is 0 Å². The summed E-state index contributed by atoms with van der Waals surface area (Å²) in [4.78, 5) is 23.8. The number of ketones is 2. The molecule has 1 heterocycles. The van der Waals surface area contributed by atoms with Gasteiger partial charge in [-0.2, -0.15) is 0 Å². The minimum Gasteiger partial charge on any atom is -0.347 e. The van der Waals surface area contributed by atoms with Crippen molar-refractivity contribution in [1.29, 1.82) is 0 Å². The number of carbonyl (C=O) groups is 2. The van der Waals surface area contributed by atoms with Crippen LogP contribution < -0.4 is 0 Å². The van der Waals surface area contributed by atoms with E-state index in [4.69, 9.17) is 23.2 Å². The van der Waals surface area contributed by atoms with E-state index < -0.39 is 0 Å². The molecule has 0 aliphatic rings. The highest BCUT2D eigenvalue weighted by Crippen LogP contribution is 2.17. The van der Waals surface area contributed by atoms with Crippen LogP contribution >= 0.6 is 23.2 Å². The van der Waals surface area contributed by atoms with E-state index in [2.05, 4.69) is 0 Å². The Hall–Kier alpha value is -1.58. The third kappa shape index (κ3) is 2.88. The summed E-state index contributed by atoms with van der Waals surface area (Å²) in [6.45, 7) is 0. The van der Waals surface area contributed by atoms with Crippen molar-refractivity contribution in [1.82, 2.24) is 4.57 Å². The fourth-order valence-corrected chi connectivity index (χ4v) is 2.14. The minimum absolute atomic E-state index is 0.102. The summed E-state index contributed by atoms with van der Waals surface area (Å²) in [5.74, 6) is -0.490. The first kappa shape index (κ1) is 13.8. The second kappa shape index (κ2) is 5.59. The van der Waals surface area contributed by atoms with Crippen LogP contribution in [-0.4, -0.2) is 22.0 Å². The molecule has 0 bridgehead atoms. The van der Waals surface area contributed by atoms with Gasteiger partial charge >= 0.3 is 0 Å². The van der Waals surface area contributed by atoms with E-state index in [-0.39, 0.29) is 17.4 Å². The summed E-state index contributed by atoms with van der Waals surface area (Å²) < 4.78 is 1.61. The SMILES string of the molecule is Cn1cc(C(=O)CCl)cc1C(=O)c1cccc(Cl)c1.